The van der Waals surface area contributed by atoms with Gasteiger partial charge in [-0.1, -0.05) is 0 Å². The summed E-state index contributed by atoms with van der Waals surface area (Å²) in [4.78, 5) is 24.1. The van der Waals surface area contributed by atoms with Crippen LogP contribution in [0, 0.1) is 11.3 Å². The molecule has 0 saturated carbocycles. The number of hydrogen-bond donors (Lipinski definition) is 4. The summed E-state index contributed by atoms with van der Waals surface area (Å²) in [6.45, 7) is 8.42. The van der Waals surface area contributed by atoms with E-state index in [-0.39, 0.29) is 17.1 Å². The molecule has 1 aliphatic rings. The van der Waals surface area contributed by atoms with Gasteiger partial charge >= 0.3 is 6.03 Å². The van der Waals surface area contributed by atoms with Crippen molar-refractivity contribution in [1.29, 1.82) is 5.26 Å². The number of carbonyl (C=O) groups is 2. The first-order valence-corrected chi connectivity index (χ1v) is 8.27. The highest BCUT2D eigenvalue weighted by Crippen LogP contribution is 2.28. The molecule has 1 saturated heterocycles. The van der Waals surface area contributed by atoms with Crippen molar-refractivity contribution in [3.05, 3.63) is 35.4 Å². The fourth-order valence-electron chi connectivity index (χ4n) is 3.53. The summed E-state index contributed by atoms with van der Waals surface area (Å²) in [7, 11) is 0. The Bertz CT molecular complexity index is 672. The van der Waals surface area contributed by atoms with Gasteiger partial charge in [0.25, 0.3) is 5.91 Å². The van der Waals surface area contributed by atoms with E-state index in [4.69, 9.17) is 5.26 Å². The molecule has 0 unspecified atom stereocenters. The summed E-state index contributed by atoms with van der Waals surface area (Å²) < 4.78 is 0. The zero-order valence-electron chi connectivity index (χ0n) is 15.1. The van der Waals surface area contributed by atoms with Crippen LogP contribution in [0.3, 0.4) is 0 Å². The van der Waals surface area contributed by atoms with Crippen LogP contribution < -0.4 is 21.5 Å². The lowest BCUT2D eigenvalue weighted by Crippen LogP contribution is -2.63. The minimum atomic E-state index is -0.444. The zero-order chi connectivity index (χ0) is 18.7. The molecule has 25 heavy (non-hydrogen) atoms. The van der Waals surface area contributed by atoms with E-state index in [0.717, 1.165) is 12.8 Å². The highest BCUT2D eigenvalue weighted by atomic mass is 16.2. The van der Waals surface area contributed by atoms with Crippen molar-refractivity contribution in [3.8, 4) is 6.07 Å². The molecule has 1 aromatic carbocycles. The number of rotatable bonds is 2. The van der Waals surface area contributed by atoms with Gasteiger partial charge in [-0.05, 0) is 64.8 Å². The van der Waals surface area contributed by atoms with E-state index >= 15 is 0 Å². The Morgan fingerprint density at radius 2 is 1.64 bits per heavy atom. The predicted molar refractivity (Wildman–Crippen MR) is 94.6 cm³/mol. The topological polar surface area (TPSA) is 106 Å². The summed E-state index contributed by atoms with van der Waals surface area (Å²) in [5.74, 6) is -0.439. The molecule has 0 radical (unpaired) electrons. The monoisotopic (exact) mass is 343 g/mol. The smallest absolute Gasteiger partial charge is 0.333 e. The molecule has 0 aromatic heterocycles. The van der Waals surface area contributed by atoms with Gasteiger partial charge in [0.2, 0.25) is 0 Å². The molecule has 0 atom stereocenters. The maximum Gasteiger partial charge on any atom is 0.333 e. The Morgan fingerprint density at radius 1 is 1.08 bits per heavy atom. The number of amides is 3. The van der Waals surface area contributed by atoms with Crippen molar-refractivity contribution in [3.63, 3.8) is 0 Å². The molecule has 0 aliphatic carbocycles. The van der Waals surface area contributed by atoms with Crippen LogP contribution in [0.1, 0.15) is 56.5 Å². The van der Waals surface area contributed by atoms with E-state index in [1.54, 1.807) is 12.1 Å². The summed E-state index contributed by atoms with van der Waals surface area (Å²) in [5.41, 5.74) is 5.42. The van der Waals surface area contributed by atoms with Crippen LogP contribution in [0.25, 0.3) is 0 Å². The van der Waals surface area contributed by atoms with Gasteiger partial charge in [0.15, 0.2) is 0 Å². The number of nitriles is 1. The van der Waals surface area contributed by atoms with Gasteiger partial charge < -0.3 is 10.6 Å². The lowest BCUT2D eigenvalue weighted by Gasteiger charge is -2.46. The number of benzene rings is 1. The number of hydrazine groups is 1. The van der Waals surface area contributed by atoms with E-state index in [1.807, 2.05) is 6.07 Å². The van der Waals surface area contributed by atoms with Crippen LogP contribution >= 0.6 is 0 Å². The van der Waals surface area contributed by atoms with Crippen molar-refractivity contribution in [2.75, 3.05) is 0 Å². The molecule has 4 N–H and O–H groups in total. The second-order valence-corrected chi connectivity index (χ2v) is 7.74. The molecule has 2 rings (SSSR count). The second-order valence-electron chi connectivity index (χ2n) is 7.74. The van der Waals surface area contributed by atoms with Crippen LogP contribution in [-0.4, -0.2) is 29.1 Å². The van der Waals surface area contributed by atoms with Gasteiger partial charge in [-0.2, -0.15) is 5.26 Å². The fourth-order valence-corrected chi connectivity index (χ4v) is 3.53. The van der Waals surface area contributed by atoms with Crippen LogP contribution in [0.5, 0.6) is 0 Å². The van der Waals surface area contributed by atoms with Gasteiger partial charge in [-0.15, -0.1) is 0 Å². The van der Waals surface area contributed by atoms with E-state index in [0.29, 0.717) is 11.1 Å². The Labute approximate surface area is 148 Å². The minimum absolute atomic E-state index is 0.0121. The molecule has 1 fully saturated rings. The maximum absolute atomic E-state index is 12.1. The molecular weight excluding hydrogens is 318 g/mol. The number of nitrogens with zero attached hydrogens (tertiary/aromatic N) is 1. The first kappa shape index (κ1) is 18.7. The number of carbonyl (C=O) groups excluding carboxylic acids is 2. The van der Waals surface area contributed by atoms with Gasteiger partial charge in [-0.25, -0.2) is 10.2 Å². The zero-order valence-corrected chi connectivity index (χ0v) is 15.1. The molecule has 3 amide bonds. The Kier molecular flexibility index (Phi) is 5.33. The van der Waals surface area contributed by atoms with Gasteiger partial charge in [0, 0.05) is 22.7 Å². The van der Waals surface area contributed by atoms with E-state index in [2.05, 4.69) is 49.2 Å². The molecule has 1 aliphatic heterocycles. The standard InChI is InChI=1S/C18H25N5O2/c1-17(2)9-14(10-18(3,4)23-17)20-16(25)22-21-15(24)13-7-5-12(11-19)6-8-13/h5-8,14,23H,9-10H2,1-4H3,(H,21,24)(H2,20,22,25). The third-order valence-electron chi connectivity index (χ3n) is 4.09. The highest BCUT2D eigenvalue weighted by molar-refractivity contribution is 5.95. The first-order chi connectivity index (χ1) is 11.6. The molecule has 1 heterocycles. The summed E-state index contributed by atoms with van der Waals surface area (Å²) in [6, 6.07) is 7.72. The van der Waals surface area contributed by atoms with Crippen molar-refractivity contribution in [2.24, 2.45) is 0 Å². The lowest BCUT2D eigenvalue weighted by atomic mass is 9.80. The van der Waals surface area contributed by atoms with Crippen molar-refractivity contribution < 1.29 is 9.59 Å². The SMILES string of the molecule is CC1(C)CC(NC(=O)NNC(=O)c2ccc(C#N)cc2)CC(C)(C)N1. The number of urea groups is 1. The quantitative estimate of drug-likeness (QED) is 0.615. The third-order valence-corrected chi connectivity index (χ3v) is 4.09. The van der Waals surface area contributed by atoms with E-state index in [9.17, 15) is 9.59 Å². The normalized spacial score (nSPS) is 18.7. The number of nitrogens with one attached hydrogen (secondary N) is 4. The van der Waals surface area contributed by atoms with Crippen molar-refractivity contribution >= 4 is 11.9 Å². The fraction of sp³-hybridized carbons (Fsp3) is 0.500. The third kappa shape index (κ3) is 5.47. The van der Waals surface area contributed by atoms with Gasteiger partial charge in [0.05, 0.1) is 11.6 Å². The minimum Gasteiger partial charge on any atom is -0.334 e. The maximum atomic E-state index is 12.1. The van der Waals surface area contributed by atoms with Crippen LogP contribution in [0.2, 0.25) is 0 Å². The summed E-state index contributed by atoms with van der Waals surface area (Å²) in [5, 5.41) is 15.2. The molecule has 7 heteroatoms. The molecular formula is C18H25N5O2. The Hall–Kier alpha value is -2.59. The average Bonchev–Trinajstić information content (AvgIpc) is 2.49. The van der Waals surface area contributed by atoms with Crippen LogP contribution in [-0.2, 0) is 0 Å². The van der Waals surface area contributed by atoms with Crippen LogP contribution in [0.4, 0.5) is 4.79 Å². The molecule has 1 aromatic rings. The molecule has 7 nitrogen and oxygen atoms in total. The lowest BCUT2D eigenvalue weighted by molar-refractivity contribution is 0.0933. The Morgan fingerprint density at radius 3 is 2.16 bits per heavy atom. The van der Waals surface area contributed by atoms with E-state index < -0.39 is 11.9 Å². The van der Waals surface area contributed by atoms with Crippen molar-refractivity contribution in [2.45, 2.75) is 57.7 Å². The van der Waals surface area contributed by atoms with Crippen LogP contribution in [0.15, 0.2) is 24.3 Å². The molecule has 134 valence electrons. The highest BCUT2D eigenvalue weighted by Gasteiger charge is 2.38. The van der Waals surface area contributed by atoms with Crippen molar-refractivity contribution in [1.82, 2.24) is 21.5 Å². The predicted octanol–water partition coefficient (Wildman–Crippen LogP) is 1.81. The first-order valence-electron chi connectivity index (χ1n) is 8.27. The Balaban J connectivity index is 1.85. The summed E-state index contributed by atoms with van der Waals surface area (Å²) in [6.07, 6.45) is 1.60. The molecule has 0 bridgehead atoms. The van der Waals surface area contributed by atoms with Gasteiger partial charge in [-0.3, -0.25) is 10.2 Å². The molecule has 0 spiro atoms. The average molecular weight is 343 g/mol. The number of hydrogen-bond acceptors (Lipinski definition) is 4. The van der Waals surface area contributed by atoms with E-state index in [1.165, 1.54) is 12.1 Å². The second kappa shape index (κ2) is 7.11. The largest absolute Gasteiger partial charge is 0.334 e. The number of piperidine rings is 1. The summed E-state index contributed by atoms with van der Waals surface area (Å²) >= 11 is 0. The van der Waals surface area contributed by atoms with Gasteiger partial charge in [0.1, 0.15) is 0 Å².